The fraction of sp³-hybridized carbons (Fsp3) is 0.600. The number of alkyl halides is 1. The highest BCUT2D eigenvalue weighted by molar-refractivity contribution is 6.27. The molecule has 12 heavy (non-hydrogen) atoms. The first-order valence-corrected chi connectivity index (χ1v) is 3.81. The van der Waals surface area contributed by atoms with E-state index < -0.39 is 0 Å². The quantitative estimate of drug-likeness (QED) is 0.624. The van der Waals surface area contributed by atoms with Crippen LogP contribution in [0.25, 0.3) is 0 Å². The van der Waals surface area contributed by atoms with Crippen LogP contribution in [0.1, 0.15) is 5.82 Å². The third-order valence-corrected chi connectivity index (χ3v) is 1.52. The van der Waals surface area contributed by atoms with Gasteiger partial charge in [0.1, 0.15) is 5.88 Å². The molecule has 1 N–H and O–H groups in total. The first-order valence-electron chi connectivity index (χ1n) is 3.28. The topological polar surface area (TPSA) is 72.7 Å². The Labute approximate surface area is 73.9 Å². The molecular weight excluding hydrogens is 182 g/mol. The summed E-state index contributed by atoms with van der Waals surface area (Å²) in [7, 11) is 1.70. The Hall–Kier alpha value is -1.17. The van der Waals surface area contributed by atoms with Crippen molar-refractivity contribution in [1.82, 2.24) is 25.5 Å². The first-order chi connectivity index (χ1) is 5.74. The number of carbonyl (C=O) groups excluding carboxylic acids is 1. The summed E-state index contributed by atoms with van der Waals surface area (Å²) >= 11 is 5.26. The Morgan fingerprint density at radius 3 is 3.00 bits per heavy atom. The lowest BCUT2D eigenvalue weighted by atomic mass is 10.5. The normalized spacial score (nSPS) is 9.83. The van der Waals surface area contributed by atoms with E-state index >= 15 is 0 Å². The number of aromatic nitrogens is 4. The van der Waals surface area contributed by atoms with E-state index in [0.29, 0.717) is 12.4 Å². The minimum Gasteiger partial charge on any atom is -0.348 e. The van der Waals surface area contributed by atoms with Gasteiger partial charge >= 0.3 is 0 Å². The lowest BCUT2D eigenvalue weighted by Crippen LogP contribution is -2.25. The smallest absolute Gasteiger partial charge is 0.235 e. The minimum atomic E-state index is -0.236. The van der Waals surface area contributed by atoms with Gasteiger partial charge in [-0.3, -0.25) is 4.79 Å². The maximum atomic E-state index is 10.7. The van der Waals surface area contributed by atoms with Crippen molar-refractivity contribution in [2.45, 2.75) is 6.54 Å². The van der Waals surface area contributed by atoms with Gasteiger partial charge in [-0.25, -0.2) is 4.68 Å². The molecule has 0 saturated heterocycles. The molecule has 1 aromatic heterocycles. The molecular formula is C5H8ClN5O. The van der Waals surface area contributed by atoms with Crippen molar-refractivity contribution in [3.63, 3.8) is 0 Å². The zero-order valence-corrected chi connectivity index (χ0v) is 7.25. The molecule has 1 rings (SSSR count). The standard InChI is InChI=1S/C5H8ClN5O/c1-11-4(8-9-10-11)3-7-5(12)2-6/h2-3H2,1H3,(H,7,12). The minimum absolute atomic E-state index is 0.0503. The van der Waals surface area contributed by atoms with Crippen LogP contribution >= 0.6 is 11.6 Å². The van der Waals surface area contributed by atoms with Gasteiger partial charge in [-0.1, -0.05) is 0 Å². The van der Waals surface area contributed by atoms with Crippen molar-refractivity contribution in [1.29, 1.82) is 0 Å². The molecule has 1 amide bonds. The van der Waals surface area contributed by atoms with Crippen molar-refractivity contribution in [2.24, 2.45) is 7.05 Å². The summed E-state index contributed by atoms with van der Waals surface area (Å²) in [6.45, 7) is 0.301. The lowest BCUT2D eigenvalue weighted by Gasteiger charge is -1.99. The molecule has 0 bridgehead atoms. The van der Waals surface area contributed by atoms with Crippen LogP contribution in [0.3, 0.4) is 0 Å². The maximum absolute atomic E-state index is 10.7. The number of nitrogens with one attached hydrogen (secondary N) is 1. The molecule has 0 aliphatic carbocycles. The monoisotopic (exact) mass is 189 g/mol. The van der Waals surface area contributed by atoms with Crippen LogP contribution in [-0.2, 0) is 18.4 Å². The predicted molar refractivity (Wildman–Crippen MR) is 41.4 cm³/mol. The SMILES string of the molecule is Cn1nnnc1CNC(=O)CCl. The molecule has 66 valence electrons. The summed E-state index contributed by atoms with van der Waals surface area (Å²) in [6, 6.07) is 0. The number of hydrogen-bond donors (Lipinski definition) is 1. The molecule has 1 heterocycles. The fourth-order valence-corrected chi connectivity index (χ4v) is 0.717. The Balaban J connectivity index is 2.43. The molecule has 0 saturated carbocycles. The van der Waals surface area contributed by atoms with E-state index in [9.17, 15) is 4.79 Å². The highest BCUT2D eigenvalue weighted by atomic mass is 35.5. The van der Waals surface area contributed by atoms with E-state index in [1.54, 1.807) is 7.05 Å². The van der Waals surface area contributed by atoms with Gasteiger partial charge in [-0.2, -0.15) is 0 Å². The Morgan fingerprint density at radius 1 is 1.75 bits per heavy atom. The van der Waals surface area contributed by atoms with Crippen LogP contribution in [-0.4, -0.2) is 32.0 Å². The number of amides is 1. The average Bonchev–Trinajstić information content (AvgIpc) is 2.47. The van der Waals surface area contributed by atoms with Gasteiger partial charge in [-0.15, -0.1) is 16.7 Å². The largest absolute Gasteiger partial charge is 0.348 e. The summed E-state index contributed by atoms with van der Waals surface area (Å²) in [4.78, 5) is 10.7. The van der Waals surface area contributed by atoms with E-state index in [1.165, 1.54) is 4.68 Å². The van der Waals surface area contributed by atoms with Crippen molar-refractivity contribution < 1.29 is 4.79 Å². The second-order valence-electron chi connectivity index (χ2n) is 2.13. The number of tetrazole rings is 1. The molecule has 0 aliphatic heterocycles. The van der Waals surface area contributed by atoms with Crippen molar-refractivity contribution in [2.75, 3.05) is 5.88 Å². The van der Waals surface area contributed by atoms with E-state index in [2.05, 4.69) is 20.8 Å². The number of carbonyl (C=O) groups is 1. The number of aryl methyl sites for hydroxylation is 1. The Kier molecular flexibility index (Phi) is 2.98. The van der Waals surface area contributed by atoms with Gasteiger partial charge in [-0.05, 0) is 10.4 Å². The van der Waals surface area contributed by atoms with Crippen LogP contribution in [0, 0.1) is 0 Å². The molecule has 0 aliphatic rings. The Bertz CT molecular complexity index is 273. The highest BCUT2D eigenvalue weighted by Gasteiger charge is 2.03. The molecule has 0 unspecified atom stereocenters. The fourth-order valence-electron chi connectivity index (χ4n) is 0.623. The van der Waals surface area contributed by atoms with Crippen LogP contribution in [0.15, 0.2) is 0 Å². The van der Waals surface area contributed by atoms with Gasteiger partial charge in [0.05, 0.1) is 6.54 Å². The highest BCUT2D eigenvalue weighted by Crippen LogP contribution is 1.86. The van der Waals surface area contributed by atoms with Crippen LogP contribution in [0.5, 0.6) is 0 Å². The zero-order valence-electron chi connectivity index (χ0n) is 6.49. The summed E-state index contributed by atoms with van der Waals surface area (Å²) in [5, 5.41) is 13.2. The van der Waals surface area contributed by atoms with Gasteiger partial charge < -0.3 is 5.32 Å². The third-order valence-electron chi connectivity index (χ3n) is 1.27. The predicted octanol–water partition coefficient (Wildman–Crippen LogP) is -0.935. The summed E-state index contributed by atoms with van der Waals surface area (Å²) in [5.74, 6) is 0.304. The van der Waals surface area contributed by atoms with E-state index in [-0.39, 0.29) is 11.8 Å². The number of rotatable bonds is 3. The summed E-state index contributed by atoms with van der Waals surface area (Å²) < 4.78 is 1.48. The number of hydrogen-bond acceptors (Lipinski definition) is 4. The molecule has 1 aromatic rings. The summed E-state index contributed by atoms with van der Waals surface area (Å²) in [6.07, 6.45) is 0. The van der Waals surface area contributed by atoms with Gasteiger partial charge in [0.15, 0.2) is 5.82 Å². The maximum Gasteiger partial charge on any atom is 0.235 e. The van der Waals surface area contributed by atoms with Crippen LogP contribution in [0.4, 0.5) is 0 Å². The van der Waals surface area contributed by atoms with Crippen molar-refractivity contribution >= 4 is 17.5 Å². The lowest BCUT2D eigenvalue weighted by molar-refractivity contribution is -0.118. The zero-order chi connectivity index (χ0) is 8.97. The first kappa shape index (κ1) is 8.92. The molecule has 0 radical (unpaired) electrons. The van der Waals surface area contributed by atoms with Gasteiger partial charge in [0.2, 0.25) is 5.91 Å². The Morgan fingerprint density at radius 2 is 2.50 bits per heavy atom. The van der Waals surface area contributed by atoms with Crippen molar-refractivity contribution in [3.05, 3.63) is 5.82 Å². The number of halogens is 1. The van der Waals surface area contributed by atoms with E-state index in [4.69, 9.17) is 11.6 Å². The second kappa shape index (κ2) is 4.01. The van der Waals surface area contributed by atoms with Gasteiger partial charge in [0.25, 0.3) is 0 Å². The van der Waals surface area contributed by atoms with Crippen molar-refractivity contribution in [3.8, 4) is 0 Å². The molecule has 0 spiro atoms. The molecule has 0 fully saturated rings. The van der Waals surface area contributed by atoms with Gasteiger partial charge in [0, 0.05) is 7.05 Å². The van der Waals surface area contributed by atoms with E-state index in [0.717, 1.165) is 0 Å². The average molecular weight is 190 g/mol. The van der Waals surface area contributed by atoms with Crippen LogP contribution in [0.2, 0.25) is 0 Å². The summed E-state index contributed by atoms with van der Waals surface area (Å²) in [5.41, 5.74) is 0. The van der Waals surface area contributed by atoms with Crippen LogP contribution < -0.4 is 5.32 Å². The third kappa shape index (κ3) is 2.16. The second-order valence-corrected chi connectivity index (χ2v) is 2.40. The number of nitrogens with zero attached hydrogens (tertiary/aromatic N) is 4. The molecule has 6 nitrogen and oxygen atoms in total. The van der Waals surface area contributed by atoms with E-state index in [1.807, 2.05) is 0 Å². The molecule has 0 aromatic carbocycles. The molecule has 0 atom stereocenters. The molecule has 7 heteroatoms.